The summed E-state index contributed by atoms with van der Waals surface area (Å²) in [5.74, 6) is -1.16. The zero-order valence-electron chi connectivity index (χ0n) is 12.2. The van der Waals surface area contributed by atoms with Gasteiger partial charge < -0.3 is 21.9 Å². The normalized spacial score (nSPS) is 12.1. The summed E-state index contributed by atoms with van der Waals surface area (Å²) in [4.78, 5) is 27.2. The highest BCUT2D eigenvalue weighted by Crippen LogP contribution is 2.25. The number of carbonyl (C=O) groups excluding carboxylic acids is 2. The minimum atomic E-state index is -1.02. The van der Waals surface area contributed by atoms with Gasteiger partial charge in [0.15, 0.2) is 0 Å². The number of primary amides is 1. The summed E-state index contributed by atoms with van der Waals surface area (Å²) in [6.07, 6.45) is -0.231. The van der Waals surface area contributed by atoms with E-state index in [1.807, 2.05) is 6.07 Å². The first-order valence-electron chi connectivity index (χ1n) is 6.77. The molecule has 0 aliphatic carbocycles. The SMILES string of the molecule is Cc1cc(CO)c2cccc(NC(=O)[C@@H](N)CC(N)=O)c2n1. The van der Waals surface area contributed by atoms with Gasteiger partial charge in [-0.15, -0.1) is 0 Å². The van der Waals surface area contributed by atoms with Gasteiger partial charge in [-0.05, 0) is 24.6 Å². The summed E-state index contributed by atoms with van der Waals surface area (Å²) in [7, 11) is 0. The Labute approximate surface area is 127 Å². The third-order valence-corrected chi connectivity index (χ3v) is 3.24. The molecule has 7 heteroatoms. The molecule has 6 N–H and O–H groups in total. The molecule has 0 aliphatic heterocycles. The van der Waals surface area contributed by atoms with Crippen LogP contribution in [-0.4, -0.2) is 27.9 Å². The lowest BCUT2D eigenvalue weighted by Gasteiger charge is -2.13. The first kappa shape index (κ1) is 15.9. The van der Waals surface area contributed by atoms with Crippen molar-refractivity contribution in [3.05, 3.63) is 35.5 Å². The molecular formula is C15H18N4O3. The number of hydrogen-bond donors (Lipinski definition) is 4. The van der Waals surface area contributed by atoms with Crippen molar-refractivity contribution < 1.29 is 14.7 Å². The van der Waals surface area contributed by atoms with Gasteiger partial charge in [-0.2, -0.15) is 0 Å². The van der Waals surface area contributed by atoms with Crippen LogP contribution >= 0.6 is 0 Å². The van der Waals surface area contributed by atoms with Gasteiger partial charge in [0.25, 0.3) is 0 Å². The summed E-state index contributed by atoms with van der Waals surface area (Å²) < 4.78 is 0. The lowest BCUT2D eigenvalue weighted by Crippen LogP contribution is -2.39. The van der Waals surface area contributed by atoms with E-state index in [0.29, 0.717) is 11.2 Å². The van der Waals surface area contributed by atoms with E-state index in [0.717, 1.165) is 16.6 Å². The molecule has 2 aromatic rings. The Hall–Kier alpha value is -2.51. The molecule has 1 heterocycles. The number of para-hydroxylation sites is 1. The molecule has 0 fully saturated rings. The van der Waals surface area contributed by atoms with E-state index in [2.05, 4.69) is 10.3 Å². The zero-order chi connectivity index (χ0) is 16.3. The van der Waals surface area contributed by atoms with E-state index in [9.17, 15) is 14.7 Å². The number of nitrogens with two attached hydrogens (primary N) is 2. The predicted octanol–water partition coefficient (Wildman–Crippen LogP) is 0.177. The standard InChI is InChI=1S/C15H18N4O3/c1-8-5-9(7-20)10-3-2-4-12(14(10)18-8)19-15(22)11(16)6-13(17)21/h2-5,11,20H,6-7,16H2,1H3,(H2,17,21)(H,19,22)/t11-/m0/s1. The fourth-order valence-electron chi connectivity index (χ4n) is 2.23. The van der Waals surface area contributed by atoms with Gasteiger partial charge in [-0.25, -0.2) is 0 Å². The minimum Gasteiger partial charge on any atom is -0.392 e. The Kier molecular flexibility index (Phi) is 4.69. The Morgan fingerprint density at radius 2 is 2.14 bits per heavy atom. The third kappa shape index (κ3) is 3.38. The molecule has 0 bridgehead atoms. The summed E-state index contributed by atoms with van der Waals surface area (Å²) in [6, 6.07) is 6.01. The predicted molar refractivity (Wildman–Crippen MR) is 82.8 cm³/mol. The molecule has 7 nitrogen and oxygen atoms in total. The quantitative estimate of drug-likeness (QED) is 0.625. The van der Waals surface area contributed by atoms with Crippen LogP contribution in [0.1, 0.15) is 17.7 Å². The Morgan fingerprint density at radius 3 is 2.77 bits per heavy atom. The maximum Gasteiger partial charge on any atom is 0.241 e. The largest absolute Gasteiger partial charge is 0.392 e. The number of pyridine rings is 1. The second kappa shape index (κ2) is 6.50. The summed E-state index contributed by atoms with van der Waals surface area (Å²) in [6.45, 7) is 1.68. The molecule has 1 aromatic carbocycles. The fraction of sp³-hybridized carbons (Fsp3) is 0.267. The molecule has 0 spiro atoms. The summed E-state index contributed by atoms with van der Waals surface area (Å²) in [5, 5.41) is 12.8. The van der Waals surface area contributed by atoms with Gasteiger partial charge in [0.2, 0.25) is 11.8 Å². The van der Waals surface area contributed by atoms with Gasteiger partial charge in [-0.3, -0.25) is 14.6 Å². The maximum absolute atomic E-state index is 12.0. The van der Waals surface area contributed by atoms with Crippen molar-refractivity contribution in [2.45, 2.75) is 26.0 Å². The number of benzene rings is 1. The highest BCUT2D eigenvalue weighted by Gasteiger charge is 2.17. The van der Waals surface area contributed by atoms with Crippen molar-refractivity contribution in [2.75, 3.05) is 5.32 Å². The molecule has 1 aromatic heterocycles. The topological polar surface area (TPSA) is 131 Å². The number of aromatic nitrogens is 1. The second-order valence-electron chi connectivity index (χ2n) is 5.05. The molecule has 0 saturated carbocycles. The number of hydrogen-bond acceptors (Lipinski definition) is 5. The van der Waals surface area contributed by atoms with E-state index >= 15 is 0 Å². The molecule has 0 unspecified atom stereocenters. The molecule has 0 saturated heterocycles. The molecule has 1 atom stereocenters. The first-order valence-corrected chi connectivity index (χ1v) is 6.77. The number of fused-ring (bicyclic) bond motifs is 1. The van der Waals surface area contributed by atoms with Gasteiger partial charge >= 0.3 is 0 Å². The van der Waals surface area contributed by atoms with Gasteiger partial charge in [0, 0.05) is 11.1 Å². The number of amides is 2. The van der Waals surface area contributed by atoms with E-state index in [1.165, 1.54) is 0 Å². The Bertz CT molecular complexity index is 730. The van der Waals surface area contributed by atoms with Crippen LogP contribution in [0.25, 0.3) is 10.9 Å². The van der Waals surface area contributed by atoms with Crippen molar-refractivity contribution in [1.82, 2.24) is 4.98 Å². The van der Waals surface area contributed by atoms with Crippen LogP contribution in [0.5, 0.6) is 0 Å². The number of nitrogens with one attached hydrogen (secondary N) is 1. The van der Waals surface area contributed by atoms with E-state index < -0.39 is 17.9 Å². The average Bonchev–Trinajstić information content (AvgIpc) is 2.46. The monoisotopic (exact) mass is 302 g/mol. The fourth-order valence-corrected chi connectivity index (χ4v) is 2.23. The Morgan fingerprint density at radius 1 is 1.41 bits per heavy atom. The number of rotatable bonds is 5. The van der Waals surface area contributed by atoms with Gasteiger partial charge in [0.05, 0.1) is 30.3 Å². The highest BCUT2D eigenvalue weighted by molar-refractivity contribution is 6.03. The molecule has 0 aliphatic rings. The van der Waals surface area contributed by atoms with Crippen LogP contribution in [0.4, 0.5) is 5.69 Å². The lowest BCUT2D eigenvalue weighted by atomic mass is 10.1. The van der Waals surface area contributed by atoms with Crippen LogP contribution in [-0.2, 0) is 16.2 Å². The second-order valence-corrected chi connectivity index (χ2v) is 5.05. The smallest absolute Gasteiger partial charge is 0.241 e. The van der Waals surface area contributed by atoms with Crippen molar-refractivity contribution in [3.63, 3.8) is 0 Å². The van der Waals surface area contributed by atoms with Crippen molar-refractivity contribution in [1.29, 1.82) is 0 Å². The number of nitrogens with zero attached hydrogens (tertiary/aromatic N) is 1. The summed E-state index contributed by atoms with van der Waals surface area (Å²) in [5.41, 5.74) is 13.1. The third-order valence-electron chi connectivity index (χ3n) is 3.24. The van der Waals surface area contributed by atoms with Gasteiger partial charge in [0.1, 0.15) is 0 Å². The average molecular weight is 302 g/mol. The van der Waals surface area contributed by atoms with Crippen molar-refractivity contribution >= 4 is 28.4 Å². The molecule has 2 rings (SSSR count). The Balaban J connectivity index is 2.38. The molecular weight excluding hydrogens is 284 g/mol. The van der Waals surface area contributed by atoms with Crippen LogP contribution < -0.4 is 16.8 Å². The van der Waals surface area contributed by atoms with Gasteiger partial charge in [-0.1, -0.05) is 12.1 Å². The van der Waals surface area contributed by atoms with Crippen molar-refractivity contribution in [2.24, 2.45) is 11.5 Å². The minimum absolute atomic E-state index is 0.127. The lowest BCUT2D eigenvalue weighted by molar-refractivity contribution is -0.123. The molecule has 2 amide bonds. The van der Waals surface area contributed by atoms with Crippen molar-refractivity contribution in [3.8, 4) is 0 Å². The number of aliphatic hydroxyl groups excluding tert-OH is 1. The molecule has 0 radical (unpaired) electrons. The van der Waals surface area contributed by atoms with E-state index in [4.69, 9.17) is 11.5 Å². The van der Waals surface area contributed by atoms with Crippen LogP contribution in [0, 0.1) is 6.92 Å². The molecule has 116 valence electrons. The zero-order valence-corrected chi connectivity index (χ0v) is 12.2. The van der Waals surface area contributed by atoms with E-state index in [-0.39, 0.29) is 13.0 Å². The number of aliphatic hydroxyl groups is 1. The highest BCUT2D eigenvalue weighted by atomic mass is 16.3. The van der Waals surface area contributed by atoms with Crippen LogP contribution in [0.2, 0.25) is 0 Å². The number of carbonyl (C=O) groups is 2. The number of aryl methyl sites for hydroxylation is 1. The maximum atomic E-state index is 12.0. The van der Waals surface area contributed by atoms with E-state index in [1.54, 1.807) is 25.1 Å². The van der Waals surface area contributed by atoms with Crippen LogP contribution in [0.15, 0.2) is 24.3 Å². The van der Waals surface area contributed by atoms with Crippen LogP contribution in [0.3, 0.4) is 0 Å². The molecule has 22 heavy (non-hydrogen) atoms. The summed E-state index contributed by atoms with van der Waals surface area (Å²) >= 11 is 0. The number of anilines is 1. The first-order chi connectivity index (χ1) is 10.4.